The number of nitrogens with two attached hydrogens (primary N) is 1. The molecule has 1 heterocycles. The molecular formula is C13H12Cl3N3O2. The molecule has 1 aromatic heterocycles. The lowest BCUT2D eigenvalue weighted by atomic mass is 10.2. The molecule has 112 valence electrons. The molecule has 2 N–H and O–H groups in total. The Balaban J connectivity index is 2.16. The van der Waals surface area contributed by atoms with E-state index in [2.05, 4.69) is 5.10 Å². The normalized spacial score (nSPS) is 10.7. The fourth-order valence-electron chi connectivity index (χ4n) is 1.78. The second-order valence-corrected chi connectivity index (χ2v) is 5.57. The monoisotopic (exact) mass is 347 g/mol. The van der Waals surface area contributed by atoms with Gasteiger partial charge in [0.15, 0.2) is 0 Å². The smallest absolute Gasteiger partial charge is 0.338 e. The second-order valence-electron chi connectivity index (χ2n) is 4.41. The first-order valence-corrected chi connectivity index (χ1v) is 7.04. The number of esters is 1. The largest absolute Gasteiger partial charge is 0.456 e. The van der Waals surface area contributed by atoms with E-state index in [-0.39, 0.29) is 27.9 Å². The third-order valence-corrected chi connectivity index (χ3v) is 4.20. The summed E-state index contributed by atoms with van der Waals surface area (Å²) in [6.07, 6.45) is 0. The van der Waals surface area contributed by atoms with E-state index < -0.39 is 5.97 Å². The highest BCUT2D eigenvalue weighted by Gasteiger charge is 2.16. The van der Waals surface area contributed by atoms with Crippen molar-refractivity contribution in [2.75, 3.05) is 5.73 Å². The predicted molar refractivity (Wildman–Crippen MR) is 82.9 cm³/mol. The number of hydrogen-bond acceptors (Lipinski definition) is 4. The van der Waals surface area contributed by atoms with Crippen LogP contribution in [0.15, 0.2) is 12.1 Å². The summed E-state index contributed by atoms with van der Waals surface area (Å²) in [5, 5.41) is 5.01. The molecule has 8 heteroatoms. The third kappa shape index (κ3) is 3.26. The third-order valence-electron chi connectivity index (χ3n) is 2.89. The van der Waals surface area contributed by atoms with Gasteiger partial charge in [0, 0.05) is 7.05 Å². The van der Waals surface area contributed by atoms with E-state index in [1.807, 2.05) is 0 Å². The number of rotatable bonds is 3. The molecule has 5 nitrogen and oxygen atoms in total. The molecule has 2 rings (SSSR count). The second kappa shape index (κ2) is 6.13. The summed E-state index contributed by atoms with van der Waals surface area (Å²) in [5.41, 5.74) is 7.37. The number of benzene rings is 1. The molecule has 0 radical (unpaired) electrons. The summed E-state index contributed by atoms with van der Waals surface area (Å²) >= 11 is 17.8. The molecular weight excluding hydrogens is 337 g/mol. The fraction of sp³-hybridized carbons (Fsp3) is 0.231. The van der Waals surface area contributed by atoms with E-state index in [0.717, 1.165) is 0 Å². The van der Waals surface area contributed by atoms with Crippen molar-refractivity contribution in [2.24, 2.45) is 7.05 Å². The van der Waals surface area contributed by atoms with Crippen LogP contribution in [0.25, 0.3) is 0 Å². The SMILES string of the molecule is Cc1nn(C)c(COC(=O)c2cc(N)c(Cl)c(Cl)c2)c1Cl. The minimum Gasteiger partial charge on any atom is -0.456 e. The average Bonchev–Trinajstić information content (AvgIpc) is 2.66. The van der Waals surface area contributed by atoms with Crippen LogP contribution in [0.2, 0.25) is 15.1 Å². The number of nitrogens with zero attached hydrogens (tertiary/aromatic N) is 2. The zero-order valence-corrected chi connectivity index (χ0v) is 13.6. The molecule has 1 aromatic carbocycles. The Labute approximate surface area is 136 Å². The van der Waals surface area contributed by atoms with Gasteiger partial charge >= 0.3 is 5.97 Å². The Hall–Kier alpha value is -1.43. The highest BCUT2D eigenvalue weighted by atomic mass is 35.5. The number of carbonyl (C=O) groups is 1. The summed E-state index contributed by atoms with van der Waals surface area (Å²) in [5.74, 6) is -0.574. The highest BCUT2D eigenvalue weighted by Crippen LogP contribution is 2.30. The molecule has 0 unspecified atom stereocenters. The molecule has 0 saturated carbocycles. The van der Waals surface area contributed by atoms with Crippen LogP contribution in [0.3, 0.4) is 0 Å². The Bertz CT molecular complexity index is 690. The lowest BCUT2D eigenvalue weighted by Gasteiger charge is -2.08. The number of anilines is 1. The number of ether oxygens (including phenoxy) is 1. The van der Waals surface area contributed by atoms with Crippen molar-refractivity contribution in [2.45, 2.75) is 13.5 Å². The van der Waals surface area contributed by atoms with E-state index >= 15 is 0 Å². The zero-order chi connectivity index (χ0) is 15.7. The van der Waals surface area contributed by atoms with Crippen LogP contribution in [-0.4, -0.2) is 15.7 Å². The maximum absolute atomic E-state index is 12.0. The summed E-state index contributed by atoms with van der Waals surface area (Å²) in [7, 11) is 1.72. The minimum atomic E-state index is -0.574. The van der Waals surface area contributed by atoms with Gasteiger partial charge < -0.3 is 10.5 Å². The lowest BCUT2D eigenvalue weighted by molar-refractivity contribution is 0.0464. The summed E-state index contributed by atoms with van der Waals surface area (Å²) in [6.45, 7) is 1.77. The maximum atomic E-state index is 12.0. The van der Waals surface area contributed by atoms with Gasteiger partial charge in [-0.15, -0.1) is 0 Å². The van der Waals surface area contributed by atoms with Gasteiger partial charge in [0.05, 0.1) is 37.7 Å². The number of carbonyl (C=O) groups excluding carboxylic acids is 1. The van der Waals surface area contributed by atoms with Crippen LogP contribution in [0.5, 0.6) is 0 Å². The molecule has 0 amide bonds. The van der Waals surface area contributed by atoms with Gasteiger partial charge in [-0.25, -0.2) is 4.79 Å². The average molecular weight is 349 g/mol. The highest BCUT2D eigenvalue weighted by molar-refractivity contribution is 6.43. The number of nitrogen functional groups attached to an aromatic ring is 1. The topological polar surface area (TPSA) is 70.1 Å². The van der Waals surface area contributed by atoms with E-state index in [4.69, 9.17) is 45.3 Å². The van der Waals surface area contributed by atoms with Crippen LogP contribution >= 0.6 is 34.8 Å². The molecule has 0 aliphatic rings. The van der Waals surface area contributed by atoms with Gasteiger partial charge in [-0.1, -0.05) is 34.8 Å². The van der Waals surface area contributed by atoms with Crippen molar-refractivity contribution in [1.29, 1.82) is 0 Å². The first-order chi connectivity index (χ1) is 9.81. The van der Waals surface area contributed by atoms with Crippen molar-refractivity contribution in [3.8, 4) is 0 Å². The van der Waals surface area contributed by atoms with Crippen molar-refractivity contribution in [1.82, 2.24) is 9.78 Å². The molecule has 2 aromatic rings. The number of aromatic nitrogens is 2. The molecule has 0 atom stereocenters. The van der Waals surface area contributed by atoms with E-state index in [9.17, 15) is 4.79 Å². The van der Waals surface area contributed by atoms with E-state index in [1.165, 1.54) is 12.1 Å². The summed E-state index contributed by atoms with van der Waals surface area (Å²) in [6, 6.07) is 2.81. The molecule has 0 bridgehead atoms. The number of hydrogen-bond donors (Lipinski definition) is 1. The van der Waals surface area contributed by atoms with Crippen molar-refractivity contribution in [3.05, 3.63) is 44.2 Å². The van der Waals surface area contributed by atoms with Crippen LogP contribution in [-0.2, 0) is 18.4 Å². The summed E-state index contributed by atoms with van der Waals surface area (Å²) in [4.78, 5) is 12.0. The van der Waals surface area contributed by atoms with Gasteiger partial charge in [-0.2, -0.15) is 5.10 Å². The van der Waals surface area contributed by atoms with Crippen LogP contribution in [0.4, 0.5) is 5.69 Å². The Morgan fingerprint density at radius 3 is 2.52 bits per heavy atom. The maximum Gasteiger partial charge on any atom is 0.338 e. The van der Waals surface area contributed by atoms with Crippen molar-refractivity contribution in [3.63, 3.8) is 0 Å². The molecule has 0 aliphatic heterocycles. The lowest BCUT2D eigenvalue weighted by Crippen LogP contribution is -2.09. The Morgan fingerprint density at radius 1 is 1.33 bits per heavy atom. The molecule has 0 aliphatic carbocycles. The van der Waals surface area contributed by atoms with E-state index in [0.29, 0.717) is 16.4 Å². The zero-order valence-electron chi connectivity index (χ0n) is 11.3. The standard InChI is InChI=1S/C13H12Cl3N3O2/c1-6-11(15)10(19(2)18-6)5-21-13(20)7-3-8(14)12(16)9(17)4-7/h3-4H,5,17H2,1-2H3. The van der Waals surface area contributed by atoms with Crippen LogP contribution < -0.4 is 5.73 Å². The molecule has 0 fully saturated rings. The van der Waals surface area contributed by atoms with E-state index in [1.54, 1.807) is 18.7 Å². The van der Waals surface area contributed by atoms with Crippen molar-refractivity contribution >= 4 is 46.5 Å². The molecule has 0 saturated heterocycles. The first kappa shape index (κ1) is 15.9. The Kier molecular flexibility index (Phi) is 4.66. The molecule has 21 heavy (non-hydrogen) atoms. The quantitative estimate of drug-likeness (QED) is 0.679. The molecule has 0 spiro atoms. The first-order valence-electron chi connectivity index (χ1n) is 5.91. The Morgan fingerprint density at radius 2 is 2.00 bits per heavy atom. The van der Waals surface area contributed by atoms with Crippen LogP contribution in [0.1, 0.15) is 21.7 Å². The van der Waals surface area contributed by atoms with Gasteiger partial charge in [0.1, 0.15) is 6.61 Å². The minimum absolute atomic E-state index is 0.00480. The van der Waals surface area contributed by atoms with Crippen molar-refractivity contribution < 1.29 is 9.53 Å². The van der Waals surface area contributed by atoms with Gasteiger partial charge in [-0.3, -0.25) is 4.68 Å². The number of aryl methyl sites for hydroxylation is 2. The number of halogens is 3. The van der Waals surface area contributed by atoms with Gasteiger partial charge in [0.2, 0.25) is 0 Å². The van der Waals surface area contributed by atoms with Gasteiger partial charge in [0.25, 0.3) is 0 Å². The summed E-state index contributed by atoms with van der Waals surface area (Å²) < 4.78 is 6.76. The fourth-order valence-corrected chi connectivity index (χ4v) is 2.33. The predicted octanol–water partition coefficient (Wildman–Crippen LogP) is 3.63. The van der Waals surface area contributed by atoms with Crippen LogP contribution in [0, 0.1) is 6.92 Å². The van der Waals surface area contributed by atoms with Gasteiger partial charge in [-0.05, 0) is 19.1 Å².